The smallest absolute Gasteiger partial charge is 0.0794 e. The lowest BCUT2D eigenvalue weighted by Gasteiger charge is -2.05. The Morgan fingerprint density at radius 3 is 2.46 bits per heavy atom. The Morgan fingerprint density at radius 2 is 1.62 bits per heavy atom. The standard InChI is InChI=1S/C24H16BrN/c1-15-6-11-19-20(12-15)21(13-16-7-9-18(25)10-8-16)22-14-17-4-2-3-5-23(17)26-24(19)22/h2-14H,1H3/b21-13+. The van der Waals surface area contributed by atoms with Gasteiger partial charge < -0.3 is 0 Å². The zero-order chi connectivity index (χ0) is 17.7. The molecule has 0 fully saturated rings. The van der Waals surface area contributed by atoms with Gasteiger partial charge >= 0.3 is 0 Å². The van der Waals surface area contributed by atoms with Gasteiger partial charge in [0.15, 0.2) is 0 Å². The maximum Gasteiger partial charge on any atom is 0.0794 e. The molecule has 0 radical (unpaired) electrons. The lowest BCUT2D eigenvalue weighted by atomic mass is 9.99. The molecule has 1 nitrogen and oxygen atoms in total. The SMILES string of the molecule is Cc1ccc2c(c1)/C(=C\c1ccc(Br)cc1)c1cc3ccccc3nc1-2. The Labute approximate surface area is 161 Å². The summed E-state index contributed by atoms with van der Waals surface area (Å²) in [7, 11) is 0. The van der Waals surface area contributed by atoms with Crippen LogP contribution in [0.15, 0.2) is 77.3 Å². The highest BCUT2D eigenvalue weighted by atomic mass is 79.9. The van der Waals surface area contributed by atoms with Crippen molar-refractivity contribution in [1.29, 1.82) is 0 Å². The van der Waals surface area contributed by atoms with Crippen LogP contribution in [0, 0.1) is 6.92 Å². The van der Waals surface area contributed by atoms with E-state index in [1.54, 1.807) is 0 Å². The fourth-order valence-corrected chi connectivity index (χ4v) is 3.90. The molecular weight excluding hydrogens is 382 g/mol. The molecule has 5 rings (SSSR count). The zero-order valence-electron chi connectivity index (χ0n) is 14.3. The second-order valence-corrected chi connectivity index (χ2v) is 7.65. The molecule has 0 saturated carbocycles. The third-order valence-electron chi connectivity index (χ3n) is 4.92. The van der Waals surface area contributed by atoms with Gasteiger partial charge in [0.25, 0.3) is 0 Å². The first-order valence-electron chi connectivity index (χ1n) is 8.68. The van der Waals surface area contributed by atoms with Gasteiger partial charge in [-0.05, 0) is 54.0 Å². The molecule has 26 heavy (non-hydrogen) atoms. The van der Waals surface area contributed by atoms with E-state index in [0.29, 0.717) is 0 Å². The number of aromatic nitrogens is 1. The monoisotopic (exact) mass is 397 g/mol. The maximum absolute atomic E-state index is 4.98. The summed E-state index contributed by atoms with van der Waals surface area (Å²) >= 11 is 3.52. The molecule has 1 aromatic heterocycles. The first-order valence-corrected chi connectivity index (χ1v) is 9.47. The van der Waals surface area contributed by atoms with Crippen molar-refractivity contribution in [2.75, 3.05) is 0 Å². The molecule has 1 aliphatic carbocycles. The maximum atomic E-state index is 4.98. The molecule has 1 aliphatic rings. The van der Waals surface area contributed by atoms with Gasteiger partial charge in [0.2, 0.25) is 0 Å². The molecular formula is C24H16BrN. The van der Waals surface area contributed by atoms with Gasteiger partial charge in [-0.15, -0.1) is 0 Å². The van der Waals surface area contributed by atoms with Crippen LogP contribution in [0.1, 0.15) is 22.3 Å². The van der Waals surface area contributed by atoms with E-state index in [1.807, 2.05) is 6.07 Å². The first kappa shape index (κ1) is 15.5. The van der Waals surface area contributed by atoms with Crippen molar-refractivity contribution in [3.8, 4) is 11.3 Å². The summed E-state index contributed by atoms with van der Waals surface area (Å²) in [6, 6.07) is 25.7. The van der Waals surface area contributed by atoms with Crippen molar-refractivity contribution < 1.29 is 0 Å². The van der Waals surface area contributed by atoms with E-state index >= 15 is 0 Å². The van der Waals surface area contributed by atoms with Crippen LogP contribution in [0.2, 0.25) is 0 Å². The number of benzene rings is 3. The average Bonchev–Trinajstić information content (AvgIpc) is 2.94. The highest BCUT2D eigenvalue weighted by molar-refractivity contribution is 9.10. The molecule has 0 saturated heterocycles. The van der Waals surface area contributed by atoms with Crippen LogP contribution in [0.3, 0.4) is 0 Å². The van der Waals surface area contributed by atoms with Crippen LogP contribution in [0.5, 0.6) is 0 Å². The number of hydrogen-bond acceptors (Lipinski definition) is 1. The Kier molecular flexibility index (Phi) is 3.54. The van der Waals surface area contributed by atoms with Crippen molar-refractivity contribution in [2.45, 2.75) is 6.92 Å². The van der Waals surface area contributed by atoms with E-state index in [9.17, 15) is 0 Å². The minimum Gasteiger partial charge on any atom is -0.247 e. The van der Waals surface area contributed by atoms with E-state index in [-0.39, 0.29) is 0 Å². The first-order chi connectivity index (χ1) is 12.7. The molecule has 1 heterocycles. The predicted octanol–water partition coefficient (Wildman–Crippen LogP) is 6.88. The number of hydrogen-bond donors (Lipinski definition) is 0. The fourth-order valence-electron chi connectivity index (χ4n) is 3.64. The summed E-state index contributed by atoms with van der Waals surface area (Å²) in [5.74, 6) is 0. The summed E-state index contributed by atoms with van der Waals surface area (Å²) in [5.41, 5.74) is 9.54. The van der Waals surface area contributed by atoms with Crippen LogP contribution in [0.25, 0.3) is 33.8 Å². The van der Waals surface area contributed by atoms with E-state index in [2.05, 4.69) is 95.7 Å². The van der Waals surface area contributed by atoms with Crippen LogP contribution >= 0.6 is 15.9 Å². The highest BCUT2D eigenvalue weighted by Crippen LogP contribution is 2.45. The zero-order valence-corrected chi connectivity index (χ0v) is 15.9. The minimum atomic E-state index is 1.04. The number of pyridine rings is 1. The summed E-state index contributed by atoms with van der Waals surface area (Å²) in [4.78, 5) is 4.98. The van der Waals surface area contributed by atoms with Crippen molar-refractivity contribution in [2.24, 2.45) is 0 Å². The third kappa shape index (κ3) is 2.49. The average molecular weight is 398 g/mol. The summed E-state index contributed by atoms with van der Waals surface area (Å²) < 4.78 is 1.09. The van der Waals surface area contributed by atoms with Crippen LogP contribution in [-0.4, -0.2) is 4.98 Å². The number of aryl methyl sites for hydroxylation is 1. The quantitative estimate of drug-likeness (QED) is 0.300. The molecule has 0 amide bonds. The lowest BCUT2D eigenvalue weighted by molar-refractivity contribution is 1.39. The van der Waals surface area contributed by atoms with Gasteiger partial charge in [-0.3, -0.25) is 0 Å². The van der Waals surface area contributed by atoms with E-state index in [1.165, 1.54) is 38.8 Å². The second kappa shape index (κ2) is 5.93. The topological polar surface area (TPSA) is 12.9 Å². The van der Waals surface area contributed by atoms with Crippen molar-refractivity contribution in [1.82, 2.24) is 4.98 Å². The molecule has 0 bridgehead atoms. The van der Waals surface area contributed by atoms with Crippen molar-refractivity contribution >= 4 is 38.5 Å². The number of rotatable bonds is 1. The Balaban J connectivity index is 1.81. The molecule has 0 unspecified atom stereocenters. The molecule has 0 spiro atoms. The van der Waals surface area contributed by atoms with Crippen molar-refractivity contribution in [3.63, 3.8) is 0 Å². The molecule has 0 atom stereocenters. The van der Waals surface area contributed by atoms with Gasteiger partial charge in [-0.2, -0.15) is 0 Å². The second-order valence-electron chi connectivity index (χ2n) is 6.74. The number of nitrogens with zero attached hydrogens (tertiary/aromatic N) is 1. The van der Waals surface area contributed by atoms with Gasteiger partial charge in [0.1, 0.15) is 0 Å². The van der Waals surface area contributed by atoms with Gasteiger partial charge in [0.05, 0.1) is 11.2 Å². The number of halogens is 1. The number of fused-ring (bicyclic) bond motifs is 4. The van der Waals surface area contributed by atoms with Gasteiger partial charge in [0, 0.05) is 21.0 Å². The summed E-state index contributed by atoms with van der Waals surface area (Å²) in [5, 5.41) is 1.18. The molecule has 3 aromatic carbocycles. The van der Waals surface area contributed by atoms with Crippen LogP contribution in [-0.2, 0) is 0 Å². The van der Waals surface area contributed by atoms with E-state index in [0.717, 1.165) is 15.7 Å². The Hall–Kier alpha value is -2.71. The predicted molar refractivity (Wildman–Crippen MR) is 113 cm³/mol. The normalized spacial score (nSPS) is 13.8. The largest absolute Gasteiger partial charge is 0.247 e. The fraction of sp³-hybridized carbons (Fsp3) is 0.0417. The Morgan fingerprint density at radius 1 is 0.808 bits per heavy atom. The molecule has 124 valence electrons. The lowest BCUT2D eigenvalue weighted by Crippen LogP contribution is -1.87. The molecule has 2 heteroatoms. The summed E-state index contributed by atoms with van der Waals surface area (Å²) in [6.07, 6.45) is 2.27. The summed E-state index contributed by atoms with van der Waals surface area (Å²) in [6.45, 7) is 2.14. The highest BCUT2D eigenvalue weighted by Gasteiger charge is 2.25. The van der Waals surface area contributed by atoms with Crippen molar-refractivity contribution in [3.05, 3.63) is 99.5 Å². The van der Waals surface area contributed by atoms with Gasteiger partial charge in [-0.1, -0.05) is 70.0 Å². The van der Waals surface area contributed by atoms with E-state index < -0.39 is 0 Å². The van der Waals surface area contributed by atoms with Crippen LogP contribution < -0.4 is 0 Å². The third-order valence-corrected chi connectivity index (χ3v) is 5.44. The number of para-hydroxylation sites is 1. The van der Waals surface area contributed by atoms with Gasteiger partial charge in [-0.25, -0.2) is 4.98 Å². The Bertz CT molecular complexity index is 1190. The minimum absolute atomic E-state index is 1.04. The van der Waals surface area contributed by atoms with Crippen LogP contribution in [0.4, 0.5) is 0 Å². The molecule has 0 aliphatic heterocycles. The molecule has 0 N–H and O–H groups in total. The molecule has 4 aromatic rings. The van der Waals surface area contributed by atoms with E-state index in [4.69, 9.17) is 4.98 Å².